The summed E-state index contributed by atoms with van der Waals surface area (Å²) in [6.45, 7) is 0. The van der Waals surface area contributed by atoms with Gasteiger partial charge in [0.05, 0.1) is 5.75 Å². The van der Waals surface area contributed by atoms with Gasteiger partial charge >= 0.3 is 0 Å². The Balaban J connectivity index is 2.38. The lowest BCUT2D eigenvalue weighted by Crippen LogP contribution is -1.89. The van der Waals surface area contributed by atoms with E-state index in [1.54, 1.807) is 11.9 Å². The highest BCUT2D eigenvalue weighted by atomic mass is 32.2. The summed E-state index contributed by atoms with van der Waals surface area (Å²) < 4.78 is 1.99. The fraction of sp³-hybridized carbons (Fsp3) is 0.250. The molecule has 6 heavy (non-hydrogen) atoms. The van der Waals surface area contributed by atoms with E-state index >= 15 is 0 Å². The highest BCUT2D eigenvalue weighted by Gasteiger charge is 1.95. The summed E-state index contributed by atoms with van der Waals surface area (Å²) in [7, 11) is 1.99. The first kappa shape index (κ1) is 4.06. The Morgan fingerprint density at radius 3 is 2.83 bits per heavy atom. The van der Waals surface area contributed by atoms with Gasteiger partial charge in [0.1, 0.15) is 0 Å². The second-order valence-electron chi connectivity index (χ2n) is 1.07. The van der Waals surface area contributed by atoms with Crippen molar-refractivity contribution in [2.75, 3.05) is 7.05 Å². The zero-order valence-corrected chi connectivity index (χ0v) is 4.33. The van der Waals surface area contributed by atoms with Crippen molar-refractivity contribution in [3.05, 3.63) is 18.0 Å². The van der Waals surface area contributed by atoms with Crippen LogP contribution >= 0.6 is 11.9 Å². The summed E-state index contributed by atoms with van der Waals surface area (Å²) in [6.07, 6.45) is 3.86. The second kappa shape index (κ2) is 1.56. The molecule has 1 aliphatic heterocycles. The fourth-order valence-electron chi connectivity index (χ4n) is 0.279. The molecule has 0 N–H and O–H groups in total. The number of hydrogen-bond acceptors (Lipinski definition) is 2. The monoisotopic (exact) mass is 99.0 g/mol. The van der Waals surface area contributed by atoms with E-state index in [0.29, 0.717) is 0 Å². The van der Waals surface area contributed by atoms with Crippen LogP contribution in [0.25, 0.3) is 0 Å². The Bertz CT molecular complexity index is 69.9. The molecule has 0 fully saturated rings. The fourth-order valence-corrected chi connectivity index (χ4v) is 0.689. The van der Waals surface area contributed by atoms with Gasteiger partial charge in [-0.25, -0.2) is 0 Å². The summed E-state index contributed by atoms with van der Waals surface area (Å²) in [4.78, 5) is 0. The summed E-state index contributed by atoms with van der Waals surface area (Å²) >= 11 is 1.57. The van der Waals surface area contributed by atoms with Crippen LogP contribution in [0.4, 0.5) is 0 Å². The molecule has 0 atom stereocenters. The lowest BCUT2D eigenvalue weighted by atomic mass is 10.7. The number of nitrogens with zero attached hydrogens (tertiary/aromatic N) is 1. The number of rotatable bonds is 0. The van der Waals surface area contributed by atoms with E-state index in [4.69, 9.17) is 0 Å². The van der Waals surface area contributed by atoms with E-state index < -0.39 is 0 Å². The molecule has 32 valence electrons. The third-order valence-electron chi connectivity index (χ3n) is 0.549. The topological polar surface area (TPSA) is 3.24 Å². The lowest BCUT2D eigenvalue weighted by molar-refractivity contribution is 0.789. The molecule has 2 radical (unpaired) electrons. The van der Waals surface area contributed by atoms with Gasteiger partial charge < -0.3 is 4.31 Å². The van der Waals surface area contributed by atoms with E-state index in [1.807, 2.05) is 23.6 Å². The van der Waals surface area contributed by atoms with Crippen molar-refractivity contribution in [1.82, 2.24) is 4.31 Å². The van der Waals surface area contributed by atoms with Crippen molar-refractivity contribution in [1.29, 1.82) is 0 Å². The molecule has 0 bridgehead atoms. The van der Waals surface area contributed by atoms with E-state index in [0.717, 1.165) is 0 Å². The molecule has 0 aromatic heterocycles. The first-order valence-corrected chi connectivity index (χ1v) is 2.49. The van der Waals surface area contributed by atoms with Gasteiger partial charge in [0.2, 0.25) is 0 Å². The smallest absolute Gasteiger partial charge is 0.0990 e. The zero-order chi connectivity index (χ0) is 4.41. The molecule has 0 aromatic rings. The van der Waals surface area contributed by atoms with Crippen molar-refractivity contribution in [2.24, 2.45) is 0 Å². The van der Waals surface area contributed by atoms with Gasteiger partial charge in [0.25, 0.3) is 0 Å². The van der Waals surface area contributed by atoms with Crippen molar-refractivity contribution in [3.8, 4) is 0 Å². The molecule has 0 saturated heterocycles. The third-order valence-corrected chi connectivity index (χ3v) is 1.20. The molecule has 1 rings (SSSR count). The molecular formula is C4H5NS. The molecule has 1 heterocycles. The Kier molecular flexibility index (Phi) is 1.05. The van der Waals surface area contributed by atoms with Gasteiger partial charge in [-0.15, -0.1) is 0 Å². The summed E-state index contributed by atoms with van der Waals surface area (Å²) in [5, 5.41) is 0. The molecule has 1 nitrogen and oxygen atoms in total. The quantitative estimate of drug-likeness (QED) is 0.419. The normalized spacial score (nSPS) is 19.8. The average Bonchev–Trinajstić information content (AvgIpc) is 1.86. The molecule has 0 spiro atoms. The molecule has 0 aliphatic carbocycles. The predicted octanol–water partition coefficient (Wildman–Crippen LogP) is 1.13. The van der Waals surface area contributed by atoms with E-state index in [2.05, 4.69) is 5.75 Å². The van der Waals surface area contributed by atoms with E-state index in [1.165, 1.54) is 0 Å². The molecule has 0 aromatic carbocycles. The van der Waals surface area contributed by atoms with Crippen LogP contribution in [0, 0.1) is 5.75 Å². The standard InChI is InChI=1S/C4H5NS/c1-5-3-2-4-6-5/h2-3H,1H3. The highest BCUT2D eigenvalue weighted by Crippen LogP contribution is 2.17. The van der Waals surface area contributed by atoms with Crippen molar-refractivity contribution in [3.63, 3.8) is 0 Å². The Morgan fingerprint density at radius 1 is 1.83 bits per heavy atom. The van der Waals surface area contributed by atoms with Crippen molar-refractivity contribution >= 4 is 11.9 Å². The van der Waals surface area contributed by atoms with Crippen LogP contribution in [-0.4, -0.2) is 11.4 Å². The Morgan fingerprint density at radius 2 is 2.67 bits per heavy atom. The average molecular weight is 99.2 g/mol. The van der Waals surface area contributed by atoms with Gasteiger partial charge in [-0.05, 0) is 18.0 Å². The van der Waals surface area contributed by atoms with Crippen LogP contribution in [0.15, 0.2) is 12.3 Å². The van der Waals surface area contributed by atoms with Crippen molar-refractivity contribution < 1.29 is 0 Å². The highest BCUT2D eigenvalue weighted by molar-refractivity contribution is 7.99. The molecule has 2 heteroatoms. The molecule has 0 saturated carbocycles. The van der Waals surface area contributed by atoms with Gasteiger partial charge in [0, 0.05) is 13.2 Å². The first-order chi connectivity index (χ1) is 2.89. The van der Waals surface area contributed by atoms with Crippen LogP contribution in [0.5, 0.6) is 0 Å². The summed E-state index contributed by atoms with van der Waals surface area (Å²) in [6, 6.07) is 0. The minimum Gasteiger partial charge on any atom is -0.326 e. The van der Waals surface area contributed by atoms with E-state index in [-0.39, 0.29) is 0 Å². The minimum absolute atomic E-state index is 1.57. The Hall–Kier alpha value is -0.110. The van der Waals surface area contributed by atoms with Crippen molar-refractivity contribution in [2.45, 2.75) is 0 Å². The Labute approximate surface area is 42.2 Å². The maximum Gasteiger partial charge on any atom is 0.0990 e. The predicted molar refractivity (Wildman–Crippen MR) is 27.7 cm³/mol. The minimum atomic E-state index is 1.57. The molecular weight excluding hydrogens is 94.1 g/mol. The van der Waals surface area contributed by atoms with Gasteiger partial charge in [-0.2, -0.15) is 0 Å². The van der Waals surface area contributed by atoms with Gasteiger partial charge in [0.15, 0.2) is 0 Å². The largest absolute Gasteiger partial charge is 0.326 e. The molecule has 0 unspecified atom stereocenters. The summed E-state index contributed by atoms with van der Waals surface area (Å²) in [5.41, 5.74) is 0. The van der Waals surface area contributed by atoms with Crippen LogP contribution in [0.1, 0.15) is 0 Å². The SMILES string of the molecule is CN1C=C[C]S1. The molecule has 0 amide bonds. The first-order valence-electron chi connectivity index (χ1n) is 1.71. The molecule has 1 aliphatic rings. The van der Waals surface area contributed by atoms with Gasteiger partial charge in [-0.1, -0.05) is 0 Å². The van der Waals surface area contributed by atoms with Crippen LogP contribution in [-0.2, 0) is 0 Å². The van der Waals surface area contributed by atoms with Crippen LogP contribution in [0.2, 0.25) is 0 Å². The van der Waals surface area contributed by atoms with E-state index in [9.17, 15) is 0 Å². The summed E-state index contributed by atoms with van der Waals surface area (Å²) in [5.74, 6) is 2.93. The zero-order valence-electron chi connectivity index (χ0n) is 3.51. The number of hydrogen-bond donors (Lipinski definition) is 0. The third kappa shape index (κ3) is 0.684. The van der Waals surface area contributed by atoms with Gasteiger partial charge in [-0.3, -0.25) is 0 Å². The van der Waals surface area contributed by atoms with Crippen LogP contribution in [0.3, 0.4) is 0 Å². The second-order valence-corrected chi connectivity index (χ2v) is 2.07. The maximum atomic E-state index is 2.93. The lowest BCUT2D eigenvalue weighted by Gasteiger charge is -2.00. The maximum absolute atomic E-state index is 2.93. The van der Waals surface area contributed by atoms with Crippen LogP contribution < -0.4 is 0 Å².